The van der Waals surface area contributed by atoms with Crippen molar-refractivity contribution in [1.82, 2.24) is 14.5 Å². The lowest BCUT2D eigenvalue weighted by atomic mass is 9.84. The molecule has 32 heavy (non-hydrogen) atoms. The number of aromatic nitrogens is 2. The second-order valence-electron chi connectivity index (χ2n) is 9.59. The molecule has 1 aromatic heterocycles. The number of rotatable bonds is 7. The highest BCUT2D eigenvalue weighted by molar-refractivity contribution is 5.58. The summed E-state index contributed by atoms with van der Waals surface area (Å²) in [6, 6.07) is 20.5. The van der Waals surface area contributed by atoms with Crippen molar-refractivity contribution in [2.75, 3.05) is 13.1 Å². The Morgan fingerprint density at radius 1 is 1.09 bits per heavy atom. The summed E-state index contributed by atoms with van der Waals surface area (Å²) in [7, 11) is 0. The van der Waals surface area contributed by atoms with Gasteiger partial charge in [-0.05, 0) is 23.9 Å². The molecule has 0 radical (unpaired) electrons. The second-order valence-corrected chi connectivity index (χ2v) is 9.59. The van der Waals surface area contributed by atoms with Crippen molar-refractivity contribution in [3.63, 3.8) is 0 Å². The predicted octanol–water partition coefficient (Wildman–Crippen LogP) is 4.01. The maximum Gasteiger partial charge on any atom is 0.217 e. The monoisotopic (exact) mass is 434 g/mol. The zero-order chi connectivity index (χ0) is 22.7. The number of aliphatic hydroxyl groups is 1. The molecule has 1 saturated heterocycles. The molecule has 0 aliphatic carbocycles. The average molecular weight is 435 g/mol. The summed E-state index contributed by atoms with van der Waals surface area (Å²) in [4.78, 5) is 7.15. The summed E-state index contributed by atoms with van der Waals surface area (Å²) in [6.07, 6.45) is 1.79. The number of hydrogen-bond acceptors (Lipinski definition) is 5. The SMILES string of the molecule is CC(C)(C)[C@H](c1nc(-c2ccccc2)cn1Cc1ccccc1)N1C[C@@H](CCN)OC1O. The van der Waals surface area contributed by atoms with Gasteiger partial charge in [-0.3, -0.25) is 0 Å². The summed E-state index contributed by atoms with van der Waals surface area (Å²) < 4.78 is 8.04. The van der Waals surface area contributed by atoms with E-state index >= 15 is 0 Å². The maximum atomic E-state index is 10.8. The Morgan fingerprint density at radius 2 is 1.75 bits per heavy atom. The lowest BCUT2D eigenvalue weighted by Gasteiger charge is -2.38. The fraction of sp³-hybridized carbons (Fsp3) is 0.423. The molecular formula is C26H34N4O2. The molecule has 1 unspecified atom stereocenters. The van der Waals surface area contributed by atoms with Gasteiger partial charge in [-0.2, -0.15) is 0 Å². The summed E-state index contributed by atoms with van der Waals surface area (Å²) in [5, 5.41) is 10.8. The fourth-order valence-electron chi connectivity index (χ4n) is 4.53. The molecule has 170 valence electrons. The Hall–Kier alpha value is -2.51. The van der Waals surface area contributed by atoms with Gasteiger partial charge in [-0.1, -0.05) is 81.4 Å². The van der Waals surface area contributed by atoms with Crippen molar-refractivity contribution in [2.24, 2.45) is 11.1 Å². The first-order valence-corrected chi connectivity index (χ1v) is 11.3. The maximum absolute atomic E-state index is 10.8. The third-order valence-electron chi connectivity index (χ3n) is 5.97. The minimum atomic E-state index is -0.974. The molecule has 2 heterocycles. The molecule has 3 N–H and O–H groups in total. The van der Waals surface area contributed by atoms with Gasteiger partial charge in [0.2, 0.25) is 6.41 Å². The molecule has 1 aliphatic heterocycles. The Balaban J connectivity index is 1.78. The van der Waals surface area contributed by atoms with Crippen molar-refractivity contribution in [2.45, 2.75) is 52.3 Å². The van der Waals surface area contributed by atoms with E-state index in [1.165, 1.54) is 5.56 Å². The molecule has 0 spiro atoms. The van der Waals surface area contributed by atoms with E-state index < -0.39 is 6.41 Å². The van der Waals surface area contributed by atoms with Crippen LogP contribution in [0.3, 0.4) is 0 Å². The summed E-state index contributed by atoms with van der Waals surface area (Å²) >= 11 is 0. The average Bonchev–Trinajstić information content (AvgIpc) is 3.33. The van der Waals surface area contributed by atoms with Crippen LogP contribution in [0.2, 0.25) is 0 Å². The van der Waals surface area contributed by atoms with Crippen LogP contribution >= 0.6 is 0 Å². The topological polar surface area (TPSA) is 76.5 Å². The molecule has 3 atom stereocenters. The highest BCUT2D eigenvalue weighted by Crippen LogP contribution is 2.41. The number of hydrogen-bond donors (Lipinski definition) is 2. The van der Waals surface area contributed by atoms with Crippen LogP contribution in [-0.2, 0) is 11.3 Å². The zero-order valence-corrected chi connectivity index (χ0v) is 19.2. The molecule has 0 bridgehead atoms. The molecule has 6 nitrogen and oxygen atoms in total. The third kappa shape index (κ3) is 4.94. The number of nitrogens with two attached hydrogens (primary N) is 1. The van der Waals surface area contributed by atoms with Crippen LogP contribution < -0.4 is 5.73 Å². The summed E-state index contributed by atoms with van der Waals surface area (Å²) in [6.45, 7) is 8.42. The van der Waals surface area contributed by atoms with Crippen molar-refractivity contribution < 1.29 is 9.84 Å². The summed E-state index contributed by atoms with van der Waals surface area (Å²) in [5.74, 6) is 0.927. The first-order chi connectivity index (χ1) is 15.4. The lowest BCUT2D eigenvalue weighted by molar-refractivity contribution is -0.171. The van der Waals surface area contributed by atoms with E-state index in [9.17, 15) is 5.11 Å². The van der Waals surface area contributed by atoms with Gasteiger partial charge in [-0.25, -0.2) is 9.88 Å². The highest BCUT2D eigenvalue weighted by Gasteiger charge is 2.43. The molecule has 6 heteroatoms. The molecule has 4 rings (SSSR count). The van der Waals surface area contributed by atoms with Crippen LogP contribution in [-0.4, -0.2) is 45.2 Å². The van der Waals surface area contributed by atoms with E-state index in [2.05, 4.69) is 67.9 Å². The Labute approximate surface area is 190 Å². The van der Waals surface area contributed by atoms with E-state index in [0.29, 0.717) is 19.6 Å². The van der Waals surface area contributed by atoms with Crippen molar-refractivity contribution in [3.8, 4) is 11.3 Å². The molecule has 0 amide bonds. The van der Waals surface area contributed by atoms with Crippen LogP contribution in [0, 0.1) is 5.41 Å². The zero-order valence-electron chi connectivity index (χ0n) is 19.2. The first-order valence-electron chi connectivity index (χ1n) is 11.3. The van der Waals surface area contributed by atoms with Gasteiger partial charge in [0.25, 0.3) is 0 Å². The first kappa shape index (κ1) is 22.7. The minimum absolute atomic E-state index is 0.0778. The Morgan fingerprint density at radius 3 is 2.38 bits per heavy atom. The standard InChI is InChI=1S/C26H34N4O2/c1-26(2,3)23(30-17-21(14-15-27)32-25(30)31)24-28-22(20-12-8-5-9-13-20)18-29(24)16-19-10-6-4-7-11-19/h4-13,18,21,23,25,31H,14-17,27H2,1-3H3/t21-,23+,25?/m1/s1. The van der Waals surface area contributed by atoms with E-state index in [0.717, 1.165) is 23.5 Å². The number of nitrogens with zero attached hydrogens (tertiary/aromatic N) is 3. The van der Waals surface area contributed by atoms with E-state index in [-0.39, 0.29) is 17.6 Å². The van der Waals surface area contributed by atoms with E-state index in [1.54, 1.807) is 0 Å². The quantitative estimate of drug-likeness (QED) is 0.588. The predicted molar refractivity (Wildman–Crippen MR) is 127 cm³/mol. The van der Waals surface area contributed by atoms with Gasteiger partial charge >= 0.3 is 0 Å². The second kappa shape index (κ2) is 9.55. The molecule has 2 aromatic carbocycles. The number of benzene rings is 2. The number of aliphatic hydroxyl groups excluding tert-OH is 1. The van der Waals surface area contributed by atoms with Gasteiger partial charge in [0.15, 0.2) is 0 Å². The number of imidazole rings is 1. The smallest absolute Gasteiger partial charge is 0.217 e. The summed E-state index contributed by atoms with van der Waals surface area (Å²) in [5.41, 5.74) is 8.78. The van der Waals surface area contributed by atoms with Crippen molar-refractivity contribution in [3.05, 3.63) is 78.2 Å². The Kier molecular flexibility index (Phi) is 6.76. The van der Waals surface area contributed by atoms with Crippen molar-refractivity contribution >= 4 is 0 Å². The lowest BCUT2D eigenvalue weighted by Crippen LogP contribution is -2.42. The minimum Gasteiger partial charge on any atom is -0.356 e. The van der Waals surface area contributed by atoms with Crippen LogP contribution in [0.1, 0.15) is 44.6 Å². The molecule has 3 aromatic rings. The number of ether oxygens (including phenoxy) is 1. The normalized spacial score (nSPS) is 20.5. The van der Waals surface area contributed by atoms with Gasteiger partial charge < -0.3 is 20.1 Å². The highest BCUT2D eigenvalue weighted by atomic mass is 16.6. The molecule has 1 fully saturated rings. The van der Waals surface area contributed by atoms with Crippen molar-refractivity contribution in [1.29, 1.82) is 0 Å². The Bertz CT molecular complexity index is 998. The molecule has 1 aliphatic rings. The fourth-order valence-corrected chi connectivity index (χ4v) is 4.53. The van der Waals surface area contributed by atoms with E-state index in [1.807, 2.05) is 29.2 Å². The van der Waals surface area contributed by atoms with Gasteiger partial charge in [0.05, 0.1) is 17.8 Å². The van der Waals surface area contributed by atoms with Gasteiger partial charge in [0, 0.05) is 24.8 Å². The molecular weight excluding hydrogens is 400 g/mol. The molecule has 0 saturated carbocycles. The van der Waals surface area contributed by atoms with Gasteiger partial charge in [-0.15, -0.1) is 0 Å². The largest absolute Gasteiger partial charge is 0.356 e. The van der Waals surface area contributed by atoms with Gasteiger partial charge in [0.1, 0.15) is 5.82 Å². The third-order valence-corrected chi connectivity index (χ3v) is 5.97. The van der Waals surface area contributed by atoms with Crippen LogP contribution in [0.15, 0.2) is 66.9 Å². The van der Waals surface area contributed by atoms with Crippen LogP contribution in [0.5, 0.6) is 0 Å². The van der Waals surface area contributed by atoms with Crippen LogP contribution in [0.4, 0.5) is 0 Å². The van der Waals surface area contributed by atoms with Crippen LogP contribution in [0.25, 0.3) is 11.3 Å². The van der Waals surface area contributed by atoms with E-state index in [4.69, 9.17) is 15.5 Å².